The van der Waals surface area contributed by atoms with Gasteiger partial charge in [0.15, 0.2) is 0 Å². The van der Waals surface area contributed by atoms with Gasteiger partial charge < -0.3 is 19.5 Å². The van der Waals surface area contributed by atoms with Crippen molar-refractivity contribution in [3.05, 3.63) is 40.5 Å². The summed E-state index contributed by atoms with van der Waals surface area (Å²) in [5, 5.41) is 7.64. The molecule has 1 unspecified atom stereocenters. The second-order valence-electron chi connectivity index (χ2n) is 8.31. The maximum absolute atomic E-state index is 13.3. The number of hydrogen-bond acceptors (Lipinski definition) is 4. The Morgan fingerprint density at radius 2 is 2.10 bits per heavy atom. The second-order valence-corrected chi connectivity index (χ2v) is 8.31. The van der Waals surface area contributed by atoms with Crippen LogP contribution in [-0.2, 0) is 17.8 Å². The third-order valence-corrected chi connectivity index (χ3v) is 6.31. The molecule has 0 radical (unpaired) electrons. The van der Waals surface area contributed by atoms with Crippen LogP contribution in [0.5, 0.6) is 0 Å². The van der Waals surface area contributed by atoms with E-state index in [1.54, 1.807) is 7.11 Å². The first-order valence-corrected chi connectivity index (χ1v) is 10.8. The Bertz CT molecular complexity index is 945. The van der Waals surface area contributed by atoms with Crippen LogP contribution in [0, 0.1) is 13.8 Å². The molecule has 2 amide bonds. The smallest absolute Gasteiger partial charge is 0.269 e. The number of carbonyl (C=O) groups excluding carboxylic acids is 2. The number of methoxy groups -OCH3 is 1. The summed E-state index contributed by atoms with van der Waals surface area (Å²) in [6.07, 6.45) is 2.80. The highest BCUT2D eigenvalue weighted by atomic mass is 16.5. The summed E-state index contributed by atoms with van der Waals surface area (Å²) in [5.74, 6) is 0.181. The number of carbonyl (C=O) groups is 2. The van der Waals surface area contributed by atoms with Crippen molar-refractivity contribution in [2.75, 3.05) is 33.4 Å². The lowest BCUT2D eigenvalue weighted by Crippen LogP contribution is -2.39. The summed E-state index contributed by atoms with van der Waals surface area (Å²) in [7, 11) is 1.69. The number of likely N-dealkylation sites (tertiary alicyclic amines) is 1. The first-order chi connectivity index (χ1) is 14.5. The van der Waals surface area contributed by atoms with Gasteiger partial charge in [0.25, 0.3) is 11.8 Å². The molecule has 8 nitrogen and oxygen atoms in total. The van der Waals surface area contributed by atoms with Crippen molar-refractivity contribution in [2.24, 2.45) is 0 Å². The molecule has 0 aromatic carbocycles. The van der Waals surface area contributed by atoms with Crippen molar-refractivity contribution in [2.45, 2.75) is 52.1 Å². The molecule has 1 fully saturated rings. The molecule has 2 aromatic rings. The van der Waals surface area contributed by atoms with Crippen LogP contribution in [0.3, 0.4) is 0 Å². The number of nitrogens with one attached hydrogen (secondary N) is 1. The van der Waals surface area contributed by atoms with Crippen LogP contribution < -0.4 is 5.32 Å². The molecule has 8 heteroatoms. The quantitative estimate of drug-likeness (QED) is 0.814. The van der Waals surface area contributed by atoms with E-state index in [9.17, 15) is 9.59 Å². The first-order valence-electron chi connectivity index (χ1n) is 10.8. The third-order valence-electron chi connectivity index (χ3n) is 6.31. The van der Waals surface area contributed by atoms with Crippen molar-refractivity contribution in [1.29, 1.82) is 0 Å². The molecule has 4 heterocycles. The molecule has 1 saturated heterocycles. The van der Waals surface area contributed by atoms with Gasteiger partial charge in [-0.2, -0.15) is 5.10 Å². The molecule has 0 bridgehead atoms. The van der Waals surface area contributed by atoms with Crippen LogP contribution in [0.2, 0.25) is 0 Å². The van der Waals surface area contributed by atoms with E-state index < -0.39 is 0 Å². The SMILES string of the molecule is COCCn1c(C)cc(C(=O)N2CCCC(c3cc4n(n3)CCCNC4=O)C2)c1C. The molecule has 2 aliphatic heterocycles. The molecule has 4 rings (SSSR count). The molecular weight excluding hydrogens is 382 g/mol. The Hall–Kier alpha value is -2.61. The number of fused-ring (bicyclic) bond motifs is 1. The number of ether oxygens (including phenoxy) is 1. The lowest BCUT2D eigenvalue weighted by atomic mass is 9.94. The summed E-state index contributed by atoms with van der Waals surface area (Å²) in [6, 6.07) is 3.90. The van der Waals surface area contributed by atoms with Crippen molar-refractivity contribution < 1.29 is 14.3 Å². The minimum atomic E-state index is -0.0570. The lowest BCUT2D eigenvalue weighted by molar-refractivity contribution is 0.0704. The van der Waals surface area contributed by atoms with Crippen LogP contribution in [0.15, 0.2) is 12.1 Å². The fourth-order valence-electron chi connectivity index (χ4n) is 4.63. The van der Waals surface area contributed by atoms with Gasteiger partial charge in [0.2, 0.25) is 0 Å². The van der Waals surface area contributed by atoms with Crippen LogP contribution in [0.25, 0.3) is 0 Å². The Balaban J connectivity index is 1.51. The molecule has 1 atom stereocenters. The number of aromatic nitrogens is 3. The average molecular weight is 414 g/mol. The van der Waals surface area contributed by atoms with E-state index >= 15 is 0 Å². The van der Waals surface area contributed by atoms with Crippen LogP contribution >= 0.6 is 0 Å². The van der Waals surface area contributed by atoms with Crippen molar-refractivity contribution in [1.82, 2.24) is 24.6 Å². The summed E-state index contributed by atoms with van der Waals surface area (Å²) >= 11 is 0. The van der Waals surface area contributed by atoms with Gasteiger partial charge >= 0.3 is 0 Å². The molecule has 30 heavy (non-hydrogen) atoms. The Labute approximate surface area is 177 Å². The van der Waals surface area contributed by atoms with Gasteiger partial charge in [-0.05, 0) is 45.2 Å². The van der Waals surface area contributed by atoms with E-state index in [1.165, 1.54) is 0 Å². The minimum absolute atomic E-state index is 0.0570. The second kappa shape index (κ2) is 8.63. The van der Waals surface area contributed by atoms with E-state index in [0.29, 0.717) is 25.4 Å². The van der Waals surface area contributed by atoms with Crippen LogP contribution in [0.1, 0.15) is 63.1 Å². The summed E-state index contributed by atoms with van der Waals surface area (Å²) < 4.78 is 9.16. The highest BCUT2D eigenvalue weighted by Gasteiger charge is 2.30. The number of nitrogens with zero attached hydrogens (tertiary/aromatic N) is 4. The summed E-state index contributed by atoms with van der Waals surface area (Å²) in [5.41, 5.74) is 4.38. The molecular formula is C22H31N5O3. The Kier molecular flexibility index (Phi) is 5.94. The lowest BCUT2D eigenvalue weighted by Gasteiger charge is -2.32. The minimum Gasteiger partial charge on any atom is -0.383 e. The average Bonchev–Trinajstić information content (AvgIpc) is 3.25. The van der Waals surface area contributed by atoms with Gasteiger partial charge in [-0.25, -0.2) is 0 Å². The standard InChI is InChI=1S/C22H31N5O3/c1-15-12-18(16(2)26(15)10-11-30-3)22(29)25-8-4-6-17(14-25)19-13-20-21(28)23-7-5-9-27(20)24-19/h12-13,17H,4-11,14H2,1-3H3,(H,23,28). The molecule has 162 valence electrons. The number of rotatable bonds is 5. The number of aryl methyl sites for hydroxylation is 2. The summed E-state index contributed by atoms with van der Waals surface area (Å²) in [4.78, 5) is 27.5. The van der Waals surface area contributed by atoms with Gasteiger partial charge in [-0.1, -0.05) is 0 Å². The predicted molar refractivity (Wildman–Crippen MR) is 113 cm³/mol. The monoisotopic (exact) mass is 413 g/mol. The topological polar surface area (TPSA) is 81.4 Å². The van der Waals surface area contributed by atoms with E-state index in [4.69, 9.17) is 9.84 Å². The normalized spacial score (nSPS) is 19.4. The molecule has 0 spiro atoms. The predicted octanol–water partition coefficient (Wildman–Crippen LogP) is 2.10. The van der Waals surface area contributed by atoms with E-state index in [-0.39, 0.29) is 17.7 Å². The fraction of sp³-hybridized carbons (Fsp3) is 0.591. The zero-order valence-electron chi connectivity index (χ0n) is 18.1. The Morgan fingerprint density at radius 1 is 1.27 bits per heavy atom. The van der Waals surface area contributed by atoms with Crippen molar-refractivity contribution in [3.63, 3.8) is 0 Å². The molecule has 2 aromatic heterocycles. The van der Waals surface area contributed by atoms with Gasteiger partial charge in [0.05, 0.1) is 17.9 Å². The third kappa shape index (κ3) is 3.88. The van der Waals surface area contributed by atoms with Crippen molar-refractivity contribution >= 4 is 11.8 Å². The molecule has 2 aliphatic rings. The van der Waals surface area contributed by atoms with Crippen molar-refractivity contribution in [3.8, 4) is 0 Å². The largest absolute Gasteiger partial charge is 0.383 e. The van der Waals surface area contributed by atoms with Gasteiger partial charge in [0, 0.05) is 57.1 Å². The number of piperidine rings is 1. The molecule has 0 aliphatic carbocycles. The fourth-order valence-corrected chi connectivity index (χ4v) is 4.63. The first kappa shape index (κ1) is 20.7. The van der Waals surface area contributed by atoms with Crippen LogP contribution in [0.4, 0.5) is 0 Å². The summed E-state index contributed by atoms with van der Waals surface area (Å²) in [6.45, 7) is 8.22. The van der Waals surface area contributed by atoms with Crippen LogP contribution in [-0.4, -0.2) is 64.4 Å². The highest BCUT2D eigenvalue weighted by Crippen LogP contribution is 2.29. The van der Waals surface area contributed by atoms with Gasteiger partial charge in [-0.3, -0.25) is 14.3 Å². The zero-order chi connectivity index (χ0) is 21.3. The highest BCUT2D eigenvalue weighted by molar-refractivity contribution is 5.96. The van der Waals surface area contributed by atoms with E-state index in [2.05, 4.69) is 9.88 Å². The number of amides is 2. The zero-order valence-corrected chi connectivity index (χ0v) is 18.1. The maximum atomic E-state index is 13.3. The molecule has 1 N–H and O–H groups in total. The number of hydrogen-bond donors (Lipinski definition) is 1. The van der Waals surface area contributed by atoms with E-state index in [0.717, 1.165) is 61.5 Å². The maximum Gasteiger partial charge on any atom is 0.269 e. The van der Waals surface area contributed by atoms with E-state index in [1.807, 2.05) is 35.6 Å². The molecule has 0 saturated carbocycles. The van der Waals surface area contributed by atoms with Gasteiger partial charge in [0.1, 0.15) is 5.69 Å². The van der Waals surface area contributed by atoms with Gasteiger partial charge in [-0.15, -0.1) is 0 Å². The Morgan fingerprint density at radius 3 is 2.90 bits per heavy atom.